The van der Waals surface area contributed by atoms with Crippen LogP contribution in [0.2, 0.25) is 0 Å². The van der Waals surface area contributed by atoms with Gasteiger partial charge in [0.15, 0.2) is 0 Å². The number of pyridine rings is 1. The van der Waals surface area contributed by atoms with Crippen LogP contribution < -0.4 is 5.32 Å². The highest BCUT2D eigenvalue weighted by molar-refractivity contribution is 5.87. The van der Waals surface area contributed by atoms with Crippen LogP contribution in [-0.2, 0) is 9.59 Å². The first-order valence-corrected chi connectivity index (χ1v) is 8.10. The summed E-state index contributed by atoms with van der Waals surface area (Å²) in [5, 5.41) is 12.6. The largest absolute Gasteiger partial charge is 0.481 e. The van der Waals surface area contributed by atoms with Gasteiger partial charge in [0.2, 0.25) is 5.91 Å². The van der Waals surface area contributed by atoms with Crippen LogP contribution in [-0.4, -0.2) is 22.0 Å². The normalized spacial score (nSPS) is 29.7. The van der Waals surface area contributed by atoms with E-state index in [-0.39, 0.29) is 29.7 Å². The smallest absolute Gasteiger partial charge is 0.307 e. The molecule has 1 fully saturated rings. The van der Waals surface area contributed by atoms with Crippen molar-refractivity contribution in [2.45, 2.75) is 26.3 Å². The molecule has 0 aliphatic heterocycles. The molecule has 5 atom stereocenters. The van der Waals surface area contributed by atoms with Crippen molar-refractivity contribution in [1.29, 1.82) is 0 Å². The summed E-state index contributed by atoms with van der Waals surface area (Å²) in [4.78, 5) is 28.4. The third-order valence-corrected chi connectivity index (χ3v) is 5.08. The van der Waals surface area contributed by atoms with Crippen molar-refractivity contribution in [3.8, 4) is 0 Å². The Bertz CT molecular complexity index is 626. The molecule has 2 aliphatic carbocycles. The van der Waals surface area contributed by atoms with Gasteiger partial charge < -0.3 is 10.4 Å². The lowest BCUT2D eigenvalue weighted by Crippen LogP contribution is -2.42. The van der Waals surface area contributed by atoms with Crippen molar-refractivity contribution >= 4 is 11.9 Å². The van der Waals surface area contributed by atoms with Crippen LogP contribution in [0.1, 0.15) is 31.9 Å². The number of carbonyl (C=O) groups excluding carboxylic acids is 1. The molecule has 122 valence electrons. The van der Waals surface area contributed by atoms with Gasteiger partial charge >= 0.3 is 5.97 Å². The fraction of sp³-hybridized carbons (Fsp3) is 0.500. The van der Waals surface area contributed by atoms with Gasteiger partial charge in [0.05, 0.1) is 17.9 Å². The molecule has 2 N–H and O–H groups in total. The summed E-state index contributed by atoms with van der Waals surface area (Å²) in [6.45, 7) is 4.08. The monoisotopic (exact) mass is 314 g/mol. The number of aliphatic carboxylic acids is 1. The van der Waals surface area contributed by atoms with Crippen LogP contribution in [0.3, 0.4) is 0 Å². The molecule has 5 nitrogen and oxygen atoms in total. The minimum Gasteiger partial charge on any atom is -0.481 e. The molecule has 0 radical (unpaired) electrons. The average Bonchev–Trinajstić information content (AvgIpc) is 3.13. The fourth-order valence-electron chi connectivity index (χ4n) is 3.97. The molecule has 0 aromatic carbocycles. The molecule has 1 amide bonds. The van der Waals surface area contributed by atoms with Gasteiger partial charge in [0, 0.05) is 12.4 Å². The number of amides is 1. The zero-order valence-electron chi connectivity index (χ0n) is 13.3. The van der Waals surface area contributed by atoms with Crippen molar-refractivity contribution in [2.75, 3.05) is 0 Å². The minimum absolute atomic E-state index is 0.00771. The third kappa shape index (κ3) is 2.87. The quantitative estimate of drug-likeness (QED) is 0.818. The predicted molar refractivity (Wildman–Crippen MR) is 85.3 cm³/mol. The van der Waals surface area contributed by atoms with E-state index in [1.165, 1.54) is 0 Å². The SMILES string of the molecule is CC(C)[C@H](NC(=O)[C@@H]1[C@H](C(=O)O)[C@H]2C=C[C@H]1C2)c1ccncc1. The molecule has 3 rings (SSSR count). The summed E-state index contributed by atoms with van der Waals surface area (Å²) in [5.74, 6) is -1.84. The van der Waals surface area contributed by atoms with E-state index < -0.39 is 17.8 Å². The second-order valence-electron chi connectivity index (χ2n) is 6.85. The third-order valence-electron chi connectivity index (χ3n) is 5.08. The molecule has 1 heterocycles. The van der Waals surface area contributed by atoms with E-state index in [0.29, 0.717) is 0 Å². The van der Waals surface area contributed by atoms with E-state index in [1.807, 2.05) is 38.1 Å². The number of hydrogen-bond acceptors (Lipinski definition) is 3. The summed E-state index contributed by atoms with van der Waals surface area (Å²) < 4.78 is 0. The number of fused-ring (bicyclic) bond motifs is 2. The lowest BCUT2D eigenvalue weighted by molar-refractivity contribution is -0.148. The van der Waals surface area contributed by atoms with E-state index in [9.17, 15) is 14.7 Å². The molecular formula is C18H22N2O3. The molecule has 1 aromatic heterocycles. The fourth-order valence-corrected chi connectivity index (χ4v) is 3.97. The van der Waals surface area contributed by atoms with E-state index >= 15 is 0 Å². The van der Waals surface area contributed by atoms with Crippen LogP contribution in [0.5, 0.6) is 0 Å². The molecular weight excluding hydrogens is 292 g/mol. The van der Waals surface area contributed by atoms with Gasteiger partial charge in [0.25, 0.3) is 0 Å². The van der Waals surface area contributed by atoms with Gasteiger partial charge in [-0.15, -0.1) is 0 Å². The Labute approximate surface area is 135 Å². The molecule has 1 aromatic rings. The van der Waals surface area contributed by atoms with Crippen LogP contribution in [0.25, 0.3) is 0 Å². The standard InChI is InChI=1S/C18H22N2O3/c1-10(2)16(11-5-7-19-8-6-11)20-17(21)14-12-3-4-13(9-12)15(14)18(22)23/h3-8,10,12-16H,9H2,1-2H3,(H,20,21)(H,22,23)/t12-,13-,14-,15+,16-/m0/s1. The summed E-state index contributed by atoms with van der Waals surface area (Å²) in [6.07, 6.45) is 8.15. The molecule has 23 heavy (non-hydrogen) atoms. The summed E-state index contributed by atoms with van der Waals surface area (Å²) in [5.41, 5.74) is 0.994. The molecule has 0 spiro atoms. The molecule has 5 heteroatoms. The zero-order valence-corrected chi connectivity index (χ0v) is 13.3. The molecule has 2 aliphatic rings. The number of carboxylic acid groups (broad SMARTS) is 1. The van der Waals surface area contributed by atoms with Crippen LogP contribution in [0.4, 0.5) is 0 Å². The first-order valence-electron chi connectivity index (χ1n) is 8.10. The maximum atomic E-state index is 12.8. The average molecular weight is 314 g/mol. The van der Waals surface area contributed by atoms with E-state index in [0.717, 1.165) is 12.0 Å². The van der Waals surface area contributed by atoms with Gasteiger partial charge in [0.1, 0.15) is 0 Å². The first-order chi connectivity index (χ1) is 11.0. The van der Waals surface area contributed by atoms with E-state index in [2.05, 4.69) is 10.3 Å². The number of aromatic nitrogens is 1. The van der Waals surface area contributed by atoms with Gasteiger partial charge in [-0.25, -0.2) is 0 Å². The first kappa shape index (κ1) is 15.7. The van der Waals surface area contributed by atoms with Crippen molar-refractivity contribution in [3.63, 3.8) is 0 Å². The Hall–Kier alpha value is -2.17. The molecule has 0 saturated heterocycles. The highest BCUT2D eigenvalue weighted by Gasteiger charge is 2.51. The maximum Gasteiger partial charge on any atom is 0.307 e. The Morgan fingerprint density at radius 1 is 1.17 bits per heavy atom. The van der Waals surface area contributed by atoms with Crippen molar-refractivity contribution in [2.24, 2.45) is 29.6 Å². The minimum atomic E-state index is -0.869. The Morgan fingerprint density at radius 3 is 2.35 bits per heavy atom. The van der Waals surface area contributed by atoms with Gasteiger partial charge in [-0.3, -0.25) is 14.6 Å². The number of allylic oxidation sites excluding steroid dienone is 2. The number of carbonyl (C=O) groups is 2. The van der Waals surface area contributed by atoms with Gasteiger partial charge in [-0.2, -0.15) is 0 Å². The Morgan fingerprint density at radius 2 is 1.78 bits per heavy atom. The molecule has 2 bridgehead atoms. The van der Waals surface area contributed by atoms with E-state index in [1.54, 1.807) is 12.4 Å². The van der Waals surface area contributed by atoms with Crippen molar-refractivity contribution in [1.82, 2.24) is 10.3 Å². The van der Waals surface area contributed by atoms with Gasteiger partial charge in [-0.05, 0) is 41.9 Å². The van der Waals surface area contributed by atoms with Crippen LogP contribution >= 0.6 is 0 Å². The predicted octanol–water partition coefficient (Wildman–Crippen LogP) is 2.42. The number of rotatable bonds is 5. The highest BCUT2D eigenvalue weighted by atomic mass is 16.4. The summed E-state index contributed by atoms with van der Waals surface area (Å²) in [6, 6.07) is 3.64. The highest BCUT2D eigenvalue weighted by Crippen LogP contribution is 2.48. The van der Waals surface area contributed by atoms with Crippen molar-refractivity contribution < 1.29 is 14.7 Å². The zero-order chi connectivity index (χ0) is 16.6. The lowest BCUT2D eigenvalue weighted by Gasteiger charge is -2.28. The van der Waals surface area contributed by atoms with Crippen LogP contribution in [0.15, 0.2) is 36.7 Å². The summed E-state index contributed by atoms with van der Waals surface area (Å²) >= 11 is 0. The van der Waals surface area contributed by atoms with Crippen molar-refractivity contribution in [3.05, 3.63) is 42.2 Å². The van der Waals surface area contributed by atoms with E-state index in [4.69, 9.17) is 0 Å². The second-order valence-corrected chi connectivity index (χ2v) is 6.85. The lowest BCUT2D eigenvalue weighted by atomic mass is 9.82. The Kier molecular flexibility index (Phi) is 4.20. The second kappa shape index (κ2) is 6.14. The van der Waals surface area contributed by atoms with Gasteiger partial charge in [-0.1, -0.05) is 26.0 Å². The number of hydrogen-bond donors (Lipinski definition) is 2. The summed E-state index contributed by atoms with van der Waals surface area (Å²) in [7, 11) is 0. The topological polar surface area (TPSA) is 79.3 Å². The molecule has 0 unspecified atom stereocenters. The number of nitrogens with one attached hydrogen (secondary N) is 1. The number of nitrogens with zero attached hydrogens (tertiary/aromatic N) is 1. The Balaban J connectivity index is 1.80. The molecule has 1 saturated carbocycles. The van der Waals surface area contributed by atoms with Crippen LogP contribution in [0, 0.1) is 29.6 Å². The maximum absolute atomic E-state index is 12.8. The number of carboxylic acids is 1.